The Morgan fingerprint density at radius 2 is 2.25 bits per heavy atom. The van der Waals surface area contributed by atoms with Crippen LogP contribution in [0.15, 0.2) is 18.2 Å². The van der Waals surface area contributed by atoms with Gasteiger partial charge in [-0.25, -0.2) is 8.42 Å². The van der Waals surface area contributed by atoms with Crippen molar-refractivity contribution in [1.29, 1.82) is 0 Å². The van der Waals surface area contributed by atoms with Crippen molar-refractivity contribution in [2.45, 2.75) is 24.6 Å². The maximum atomic E-state index is 12.6. The summed E-state index contributed by atoms with van der Waals surface area (Å²) in [6.45, 7) is 2.58. The van der Waals surface area contributed by atoms with Gasteiger partial charge >= 0.3 is 0 Å². The quantitative estimate of drug-likeness (QED) is 0.801. The van der Waals surface area contributed by atoms with Gasteiger partial charge in [-0.15, -0.1) is 0 Å². The van der Waals surface area contributed by atoms with E-state index in [4.69, 9.17) is 21.1 Å². The van der Waals surface area contributed by atoms with Crippen LogP contribution in [0.25, 0.3) is 0 Å². The fourth-order valence-corrected chi connectivity index (χ4v) is 5.30. The molecule has 0 radical (unpaired) electrons. The number of halogens is 1. The molecule has 6 nitrogen and oxygen atoms in total. The van der Waals surface area contributed by atoms with E-state index in [-0.39, 0.29) is 37.5 Å². The van der Waals surface area contributed by atoms with Gasteiger partial charge in [-0.2, -0.15) is 0 Å². The summed E-state index contributed by atoms with van der Waals surface area (Å²) < 4.78 is 35.3. The Bertz CT molecular complexity index is 736. The Balaban J connectivity index is 1.68. The van der Waals surface area contributed by atoms with E-state index in [1.165, 1.54) is 0 Å². The molecule has 132 valence electrons. The first kappa shape index (κ1) is 17.5. The van der Waals surface area contributed by atoms with Gasteiger partial charge in [0.2, 0.25) is 0 Å². The number of ether oxygens (including phenoxy) is 2. The lowest BCUT2D eigenvalue weighted by Gasteiger charge is -2.43. The zero-order chi connectivity index (χ0) is 17.3. The molecule has 2 heterocycles. The van der Waals surface area contributed by atoms with Crippen molar-refractivity contribution in [2.24, 2.45) is 0 Å². The molecule has 0 unspecified atom stereocenters. The van der Waals surface area contributed by atoms with Crippen molar-refractivity contribution < 1.29 is 22.7 Å². The number of aryl methyl sites for hydroxylation is 1. The average Bonchev–Trinajstić information content (AvgIpc) is 2.54. The molecule has 3 rings (SSSR count). The summed E-state index contributed by atoms with van der Waals surface area (Å²) >= 11 is 5.91. The highest BCUT2D eigenvalue weighted by molar-refractivity contribution is 7.92. The molecule has 2 atom stereocenters. The molecule has 1 aromatic rings. The average molecular weight is 374 g/mol. The van der Waals surface area contributed by atoms with E-state index in [0.29, 0.717) is 23.8 Å². The molecular weight excluding hydrogens is 354 g/mol. The summed E-state index contributed by atoms with van der Waals surface area (Å²) in [5.74, 6) is 0.375. The SMILES string of the molecule is Cc1cc(Cl)ccc1OCC(=O)N1CCS(=O)(=O)[C@H]2COCC[C@H]21. The molecule has 0 bridgehead atoms. The second-order valence-corrected chi connectivity index (χ2v) is 8.90. The standard InChI is InChI=1S/C16H20ClNO5S/c1-11-8-12(17)2-3-14(11)23-10-16(19)18-5-7-24(20,21)15-9-22-6-4-13(15)18/h2-3,8,13,15H,4-7,9-10H2,1H3/t13-,15+/m1/s1. The van der Waals surface area contributed by atoms with E-state index in [0.717, 1.165) is 5.56 Å². The number of carbonyl (C=O) groups excluding carboxylic acids is 1. The number of sulfone groups is 1. The molecule has 1 aromatic carbocycles. The maximum Gasteiger partial charge on any atom is 0.260 e. The number of nitrogens with zero attached hydrogens (tertiary/aromatic N) is 1. The smallest absolute Gasteiger partial charge is 0.260 e. The summed E-state index contributed by atoms with van der Waals surface area (Å²) in [6, 6.07) is 4.88. The summed E-state index contributed by atoms with van der Waals surface area (Å²) in [4.78, 5) is 14.2. The van der Waals surface area contributed by atoms with E-state index in [9.17, 15) is 13.2 Å². The predicted octanol–water partition coefficient (Wildman–Crippen LogP) is 1.44. The number of benzene rings is 1. The Hall–Kier alpha value is -1.31. The number of hydrogen-bond acceptors (Lipinski definition) is 5. The van der Waals surface area contributed by atoms with Crippen LogP contribution in [0.4, 0.5) is 0 Å². The van der Waals surface area contributed by atoms with Crippen molar-refractivity contribution in [3.63, 3.8) is 0 Å². The number of hydrogen-bond donors (Lipinski definition) is 0. The van der Waals surface area contributed by atoms with Crippen molar-refractivity contribution >= 4 is 27.3 Å². The van der Waals surface area contributed by atoms with Crippen LogP contribution < -0.4 is 4.74 Å². The van der Waals surface area contributed by atoms with Crippen LogP contribution in [-0.2, 0) is 19.4 Å². The van der Waals surface area contributed by atoms with Gasteiger partial charge in [-0.1, -0.05) is 11.6 Å². The number of amides is 1. The molecule has 0 aliphatic carbocycles. The minimum Gasteiger partial charge on any atom is -0.483 e. The van der Waals surface area contributed by atoms with Crippen LogP contribution >= 0.6 is 11.6 Å². The van der Waals surface area contributed by atoms with Crippen LogP contribution in [0.1, 0.15) is 12.0 Å². The van der Waals surface area contributed by atoms with E-state index >= 15 is 0 Å². The molecule has 0 spiro atoms. The van der Waals surface area contributed by atoms with Gasteiger partial charge < -0.3 is 14.4 Å². The molecule has 2 fully saturated rings. The Morgan fingerprint density at radius 1 is 1.46 bits per heavy atom. The molecule has 0 aromatic heterocycles. The third-order valence-electron chi connectivity index (χ3n) is 4.56. The maximum absolute atomic E-state index is 12.6. The van der Waals surface area contributed by atoms with E-state index in [2.05, 4.69) is 0 Å². The summed E-state index contributed by atoms with van der Waals surface area (Å²) in [5.41, 5.74) is 0.848. The van der Waals surface area contributed by atoms with Crippen LogP contribution in [-0.4, -0.2) is 62.6 Å². The first-order valence-electron chi connectivity index (χ1n) is 7.86. The van der Waals surface area contributed by atoms with E-state index in [1.807, 2.05) is 6.92 Å². The van der Waals surface area contributed by atoms with Gasteiger partial charge in [0, 0.05) is 18.2 Å². The minimum atomic E-state index is -3.20. The van der Waals surface area contributed by atoms with Crippen LogP contribution in [0.2, 0.25) is 5.02 Å². The third kappa shape index (κ3) is 3.53. The Labute approximate surface area is 146 Å². The van der Waals surface area contributed by atoms with Gasteiger partial charge in [0.25, 0.3) is 5.91 Å². The second kappa shape index (κ2) is 6.90. The van der Waals surface area contributed by atoms with Crippen LogP contribution in [0.5, 0.6) is 5.75 Å². The molecule has 2 aliphatic rings. The third-order valence-corrected chi connectivity index (χ3v) is 6.92. The fraction of sp³-hybridized carbons (Fsp3) is 0.562. The highest BCUT2D eigenvalue weighted by atomic mass is 35.5. The van der Waals surface area contributed by atoms with E-state index < -0.39 is 15.1 Å². The first-order valence-corrected chi connectivity index (χ1v) is 9.95. The molecule has 0 N–H and O–H groups in total. The molecule has 2 saturated heterocycles. The molecule has 2 aliphatic heterocycles. The van der Waals surface area contributed by atoms with Gasteiger partial charge in [0.05, 0.1) is 18.4 Å². The van der Waals surface area contributed by atoms with Gasteiger partial charge in [0.15, 0.2) is 16.4 Å². The van der Waals surface area contributed by atoms with E-state index in [1.54, 1.807) is 23.1 Å². The molecule has 8 heteroatoms. The first-order chi connectivity index (χ1) is 11.4. The summed E-state index contributed by atoms with van der Waals surface area (Å²) in [5, 5.41) is -0.0151. The lowest BCUT2D eigenvalue weighted by molar-refractivity contribution is -0.137. The summed E-state index contributed by atoms with van der Waals surface area (Å²) in [6.07, 6.45) is 0.537. The highest BCUT2D eigenvalue weighted by Gasteiger charge is 2.45. The molecule has 0 saturated carbocycles. The lowest BCUT2D eigenvalue weighted by Crippen LogP contribution is -2.60. The fourth-order valence-electron chi connectivity index (χ4n) is 3.25. The van der Waals surface area contributed by atoms with Crippen LogP contribution in [0, 0.1) is 6.92 Å². The predicted molar refractivity (Wildman–Crippen MR) is 90.2 cm³/mol. The molecular formula is C16H20ClNO5S. The molecule has 1 amide bonds. The monoisotopic (exact) mass is 373 g/mol. The number of carbonyl (C=O) groups is 1. The van der Waals surface area contributed by atoms with Crippen molar-refractivity contribution in [1.82, 2.24) is 4.90 Å². The largest absolute Gasteiger partial charge is 0.483 e. The highest BCUT2D eigenvalue weighted by Crippen LogP contribution is 2.27. The zero-order valence-corrected chi connectivity index (χ0v) is 15.0. The number of rotatable bonds is 3. The Morgan fingerprint density at radius 3 is 3.00 bits per heavy atom. The van der Waals surface area contributed by atoms with Gasteiger partial charge in [-0.05, 0) is 37.1 Å². The normalized spacial score (nSPS) is 25.8. The Kier molecular flexibility index (Phi) is 5.03. The minimum absolute atomic E-state index is 0.0246. The van der Waals surface area contributed by atoms with Crippen molar-refractivity contribution in [2.75, 3.05) is 32.1 Å². The topological polar surface area (TPSA) is 72.9 Å². The summed E-state index contributed by atoms with van der Waals surface area (Å²) in [7, 11) is -3.20. The van der Waals surface area contributed by atoms with Crippen LogP contribution in [0.3, 0.4) is 0 Å². The number of fused-ring (bicyclic) bond motifs is 1. The van der Waals surface area contributed by atoms with Crippen molar-refractivity contribution in [3.05, 3.63) is 28.8 Å². The van der Waals surface area contributed by atoms with Crippen molar-refractivity contribution in [3.8, 4) is 5.75 Å². The lowest BCUT2D eigenvalue weighted by atomic mass is 10.1. The zero-order valence-electron chi connectivity index (χ0n) is 13.4. The van der Waals surface area contributed by atoms with Gasteiger partial charge in [0.1, 0.15) is 11.0 Å². The molecule has 24 heavy (non-hydrogen) atoms. The second-order valence-electron chi connectivity index (χ2n) is 6.12. The van der Waals surface area contributed by atoms with Gasteiger partial charge in [-0.3, -0.25) is 4.79 Å².